The predicted molar refractivity (Wildman–Crippen MR) is 280 cm³/mol. The fourth-order valence-electron chi connectivity index (χ4n) is 9.02. The molecule has 0 fully saturated rings. The molecule has 65 heavy (non-hydrogen) atoms. The third kappa shape index (κ3) is 51.6. The minimum atomic E-state index is -0.762. The van der Waals surface area contributed by atoms with Crippen molar-refractivity contribution < 1.29 is 28.6 Å². The maximum atomic E-state index is 12.8. The summed E-state index contributed by atoms with van der Waals surface area (Å²) >= 11 is 0. The standard InChI is InChI=1S/C59H114O6/c1-6-8-9-10-11-12-29-36-41-46-51-59(62)65-56(53-64-58(61)50-45-40-35-31-26-22-18-17-20-24-28-33-38-43-48-55(5)7-2)52-63-57(60)49-44-39-34-30-25-21-16-14-13-15-19-23-27-32-37-42-47-54(3)4/h54-56H,6-53H2,1-5H3/t55?,56-/m0/s1. The third-order valence-corrected chi connectivity index (χ3v) is 13.8. The zero-order valence-electron chi connectivity index (χ0n) is 44.6. The maximum Gasteiger partial charge on any atom is 0.306 e. The molecule has 6 heteroatoms. The number of esters is 3. The van der Waals surface area contributed by atoms with Crippen LogP contribution in [-0.4, -0.2) is 37.2 Å². The molecule has 386 valence electrons. The van der Waals surface area contributed by atoms with Crippen LogP contribution in [0.1, 0.15) is 330 Å². The normalized spacial score (nSPS) is 12.5. The Bertz CT molecular complexity index is 995. The van der Waals surface area contributed by atoms with Crippen molar-refractivity contribution in [3.05, 3.63) is 0 Å². The molecule has 0 saturated heterocycles. The smallest absolute Gasteiger partial charge is 0.306 e. The minimum Gasteiger partial charge on any atom is -0.462 e. The molecule has 1 unspecified atom stereocenters. The highest BCUT2D eigenvalue weighted by molar-refractivity contribution is 5.71. The molecular weight excluding hydrogens is 805 g/mol. The summed E-state index contributed by atoms with van der Waals surface area (Å²) in [6, 6.07) is 0. The Kier molecular flexibility index (Phi) is 50.5. The first-order chi connectivity index (χ1) is 31.8. The Morgan fingerprint density at radius 1 is 0.323 bits per heavy atom. The molecule has 0 aromatic rings. The van der Waals surface area contributed by atoms with Crippen LogP contribution in [0.5, 0.6) is 0 Å². The van der Waals surface area contributed by atoms with Crippen molar-refractivity contribution >= 4 is 17.9 Å². The molecule has 0 N–H and O–H groups in total. The van der Waals surface area contributed by atoms with Gasteiger partial charge in [0.1, 0.15) is 13.2 Å². The molecule has 0 amide bonds. The number of rotatable bonds is 53. The van der Waals surface area contributed by atoms with Gasteiger partial charge in [-0.1, -0.05) is 291 Å². The van der Waals surface area contributed by atoms with E-state index in [1.54, 1.807) is 0 Å². The van der Waals surface area contributed by atoms with Crippen LogP contribution >= 0.6 is 0 Å². The van der Waals surface area contributed by atoms with E-state index in [2.05, 4.69) is 34.6 Å². The van der Waals surface area contributed by atoms with Gasteiger partial charge in [-0.15, -0.1) is 0 Å². The highest BCUT2D eigenvalue weighted by Gasteiger charge is 2.19. The van der Waals surface area contributed by atoms with E-state index in [-0.39, 0.29) is 31.1 Å². The summed E-state index contributed by atoms with van der Waals surface area (Å²) < 4.78 is 16.9. The van der Waals surface area contributed by atoms with Crippen LogP contribution in [0.15, 0.2) is 0 Å². The molecule has 0 radical (unpaired) electrons. The number of hydrogen-bond acceptors (Lipinski definition) is 6. The molecule has 0 aliphatic carbocycles. The second kappa shape index (κ2) is 51.8. The maximum absolute atomic E-state index is 12.8. The second-order valence-electron chi connectivity index (χ2n) is 21.0. The molecule has 0 aliphatic rings. The van der Waals surface area contributed by atoms with E-state index < -0.39 is 6.10 Å². The third-order valence-electron chi connectivity index (χ3n) is 13.8. The molecule has 0 heterocycles. The van der Waals surface area contributed by atoms with Gasteiger partial charge in [0.25, 0.3) is 0 Å². The van der Waals surface area contributed by atoms with Gasteiger partial charge < -0.3 is 14.2 Å². The molecule has 0 bridgehead atoms. The quantitative estimate of drug-likeness (QED) is 0.0344. The van der Waals surface area contributed by atoms with Crippen LogP contribution in [0.4, 0.5) is 0 Å². The lowest BCUT2D eigenvalue weighted by Gasteiger charge is -2.18. The summed E-state index contributed by atoms with van der Waals surface area (Å²) in [5, 5.41) is 0. The number of carbonyl (C=O) groups is 3. The monoisotopic (exact) mass is 919 g/mol. The lowest BCUT2D eigenvalue weighted by atomic mass is 9.99. The van der Waals surface area contributed by atoms with Crippen molar-refractivity contribution in [2.24, 2.45) is 11.8 Å². The van der Waals surface area contributed by atoms with E-state index in [0.29, 0.717) is 19.3 Å². The topological polar surface area (TPSA) is 78.9 Å². The Morgan fingerprint density at radius 3 is 0.877 bits per heavy atom. The van der Waals surface area contributed by atoms with Gasteiger partial charge in [0.15, 0.2) is 6.10 Å². The van der Waals surface area contributed by atoms with Crippen LogP contribution < -0.4 is 0 Å². The van der Waals surface area contributed by atoms with E-state index in [4.69, 9.17) is 14.2 Å². The number of hydrogen-bond donors (Lipinski definition) is 0. The van der Waals surface area contributed by atoms with Crippen LogP contribution in [0.25, 0.3) is 0 Å². The lowest BCUT2D eigenvalue weighted by Crippen LogP contribution is -2.30. The van der Waals surface area contributed by atoms with Gasteiger partial charge >= 0.3 is 17.9 Å². The fourth-order valence-corrected chi connectivity index (χ4v) is 9.02. The van der Waals surface area contributed by atoms with E-state index >= 15 is 0 Å². The highest BCUT2D eigenvalue weighted by Crippen LogP contribution is 2.19. The van der Waals surface area contributed by atoms with E-state index in [1.807, 2.05) is 0 Å². The summed E-state index contributed by atoms with van der Waals surface area (Å²) in [4.78, 5) is 38.1. The van der Waals surface area contributed by atoms with E-state index in [0.717, 1.165) is 69.6 Å². The van der Waals surface area contributed by atoms with Crippen LogP contribution in [0, 0.1) is 11.8 Å². The van der Waals surface area contributed by atoms with Crippen LogP contribution in [-0.2, 0) is 28.6 Å². The number of ether oxygens (including phenoxy) is 3. The zero-order chi connectivity index (χ0) is 47.5. The molecule has 0 aromatic heterocycles. The molecule has 2 atom stereocenters. The van der Waals surface area contributed by atoms with Gasteiger partial charge in [-0.2, -0.15) is 0 Å². The number of carbonyl (C=O) groups excluding carboxylic acids is 3. The van der Waals surface area contributed by atoms with Crippen molar-refractivity contribution in [1.82, 2.24) is 0 Å². The van der Waals surface area contributed by atoms with Gasteiger partial charge in [-0.3, -0.25) is 14.4 Å². The van der Waals surface area contributed by atoms with Crippen molar-refractivity contribution in [2.45, 2.75) is 336 Å². The van der Waals surface area contributed by atoms with E-state index in [9.17, 15) is 14.4 Å². The lowest BCUT2D eigenvalue weighted by molar-refractivity contribution is -0.167. The second-order valence-corrected chi connectivity index (χ2v) is 21.0. The predicted octanol–water partition coefficient (Wildman–Crippen LogP) is 19.3. The summed E-state index contributed by atoms with van der Waals surface area (Å²) in [6.45, 7) is 11.5. The first-order valence-corrected chi connectivity index (χ1v) is 29.3. The fraction of sp³-hybridized carbons (Fsp3) is 0.949. The number of unbranched alkanes of at least 4 members (excludes halogenated alkanes) is 37. The van der Waals surface area contributed by atoms with Crippen molar-refractivity contribution in [3.8, 4) is 0 Å². The largest absolute Gasteiger partial charge is 0.462 e. The minimum absolute atomic E-state index is 0.0627. The van der Waals surface area contributed by atoms with Crippen LogP contribution in [0.2, 0.25) is 0 Å². The molecule has 0 rings (SSSR count). The molecule has 0 aromatic carbocycles. The van der Waals surface area contributed by atoms with Crippen molar-refractivity contribution in [1.29, 1.82) is 0 Å². The van der Waals surface area contributed by atoms with Gasteiger partial charge in [0, 0.05) is 19.3 Å². The SMILES string of the molecule is CCCCCCCCCCCCC(=O)O[C@@H](COC(=O)CCCCCCCCCCCCCCCCCCC(C)C)COC(=O)CCCCCCCCCCCCCCCCC(C)CC. The summed E-state index contributed by atoms with van der Waals surface area (Å²) in [6.07, 6.45) is 55.2. The Balaban J connectivity index is 4.21. The van der Waals surface area contributed by atoms with Crippen molar-refractivity contribution in [2.75, 3.05) is 13.2 Å². The van der Waals surface area contributed by atoms with E-state index in [1.165, 1.54) is 218 Å². The molecule has 0 spiro atoms. The average Bonchev–Trinajstić information content (AvgIpc) is 3.29. The van der Waals surface area contributed by atoms with Gasteiger partial charge in [0.2, 0.25) is 0 Å². The van der Waals surface area contributed by atoms with Gasteiger partial charge in [-0.25, -0.2) is 0 Å². The molecule has 0 aliphatic heterocycles. The first-order valence-electron chi connectivity index (χ1n) is 29.3. The summed E-state index contributed by atoms with van der Waals surface area (Å²) in [7, 11) is 0. The zero-order valence-corrected chi connectivity index (χ0v) is 44.6. The summed E-state index contributed by atoms with van der Waals surface area (Å²) in [5.74, 6) is 0.909. The Labute approximate surface area is 406 Å². The molecule has 0 saturated carbocycles. The Hall–Kier alpha value is -1.59. The average molecular weight is 920 g/mol. The highest BCUT2D eigenvalue weighted by atomic mass is 16.6. The molecular formula is C59H114O6. The Morgan fingerprint density at radius 2 is 0.585 bits per heavy atom. The van der Waals surface area contributed by atoms with Crippen molar-refractivity contribution in [3.63, 3.8) is 0 Å². The molecule has 6 nitrogen and oxygen atoms in total. The first kappa shape index (κ1) is 63.4. The van der Waals surface area contributed by atoms with Gasteiger partial charge in [0.05, 0.1) is 0 Å². The van der Waals surface area contributed by atoms with Crippen LogP contribution in [0.3, 0.4) is 0 Å². The van der Waals surface area contributed by atoms with Gasteiger partial charge in [-0.05, 0) is 31.1 Å². The summed E-state index contributed by atoms with van der Waals surface area (Å²) in [5.41, 5.74) is 0.